The van der Waals surface area contributed by atoms with E-state index >= 15 is 0 Å². The zero-order valence-electron chi connectivity index (χ0n) is 8.72. The molecule has 1 aliphatic rings. The second kappa shape index (κ2) is 3.86. The summed E-state index contributed by atoms with van der Waals surface area (Å²) < 4.78 is 0. The number of carbonyl (C=O) groups is 1. The SMILES string of the molecule is CC1(c2cccc(NC(=O)CCl)c2)CC1. The Morgan fingerprint density at radius 2 is 2.27 bits per heavy atom. The van der Waals surface area contributed by atoms with Crippen molar-refractivity contribution in [2.75, 3.05) is 11.2 Å². The lowest BCUT2D eigenvalue weighted by atomic mass is 9.98. The van der Waals surface area contributed by atoms with Crippen molar-refractivity contribution in [1.82, 2.24) is 0 Å². The molecule has 3 heteroatoms. The fourth-order valence-electron chi connectivity index (χ4n) is 1.64. The number of benzene rings is 1. The van der Waals surface area contributed by atoms with E-state index in [1.807, 2.05) is 18.2 Å². The van der Waals surface area contributed by atoms with Gasteiger partial charge in [0.2, 0.25) is 5.91 Å². The molecule has 15 heavy (non-hydrogen) atoms. The molecule has 1 aliphatic carbocycles. The van der Waals surface area contributed by atoms with Crippen LogP contribution in [0.1, 0.15) is 25.3 Å². The summed E-state index contributed by atoms with van der Waals surface area (Å²) in [5.74, 6) is -0.156. The summed E-state index contributed by atoms with van der Waals surface area (Å²) in [6.07, 6.45) is 2.47. The maximum Gasteiger partial charge on any atom is 0.239 e. The van der Waals surface area contributed by atoms with Gasteiger partial charge in [-0.3, -0.25) is 4.79 Å². The lowest BCUT2D eigenvalue weighted by Crippen LogP contribution is -2.13. The van der Waals surface area contributed by atoms with Crippen LogP contribution in [0.2, 0.25) is 0 Å². The van der Waals surface area contributed by atoms with Crippen molar-refractivity contribution in [3.05, 3.63) is 29.8 Å². The summed E-state index contributed by atoms with van der Waals surface area (Å²) in [5.41, 5.74) is 2.47. The second-order valence-corrected chi connectivity index (χ2v) is 4.59. The van der Waals surface area contributed by atoms with Crippen molar-refractivity contribution in [3.63, 3.8) is 0 Å². The molecule has 0 aromatic heterocycles. The van der Waals surface area contributed by atoms with Crippen LogP contribution in [0.3, 0.4) is 0 Å². The molecule has 1 saturated carbocycles. The zero-order valence-corrected chi connectivity index (χ0v) is 9.47. The van der Waals surface area contributed by atoms with Crippen LogP contribution < -0.4 is 5.32 Å². The van der Waals surface area contributed by atoms with E-state index in [2.05, 4.69) is 18.3 Å². The van der Waals surface area contributed by atoms with Crippen LogP contribution in [-0.2, 0) is 10.2 Å². The molecule has 0 unspecified atom stereocenters. The summed E-state index contributed by atoms with van der Waals surface area (Å²) in [7, 11) is 0. The molecule has 0 atom stereocenters. The van der Waals surface area contributed by atoms with Gasteiger partial charge in [0.25, 0.3) is 0 Å². The van der Waals surface area contributed by atoms with E-state index in [-0.39, 0.29) is 11.8 Å². The summed E-state index contributed by atoms with van der Waals surface area (Å²) >= 11 is 5.43. The number of halogens is 1. The molecule has 2 rings (SSSR count). The maximum atomic E-state index is 11.1. The third-order valence-corrected chi connectivity index (χ3v) is 3.21. The minimum Gasteiger partial charge on any atom is -0.325 e. The van der Waals surface area contributed by atoms with Gasteiger partial charge in [0.15, 0.2) is 0 Å². The Kier molecular flexibility index (Phi) is 2.70. The summed E-state index contributed by atoms with van der Waals surface area (Å²) in [6, 6.07) is 8.02. The van der Waals surface area contributed by atoms with E-state index in [9.17, 15) is 4.79 Å². The molecule has 0 heterocycles. The fourth-order valence-corrected chi connectivity index (χ4v) is 1.71. The fraction of sp³-hybridized carbons (Fsp3) is 0.417. The van der Waals surface area contributed by atoms with Gasteiger partial charge < -0.3 is 5.32 Å². The van der Waals surface area contributed by atoms with Crippen LogP contribution in [-0.4, -0.2) is 11.8 Å². The van der Waals surface area contributed by atoms with Crippen LogP contribution in [0.25, 0.3) is 0 Å². The van der Waals surface area contributed by atoms with E-state index in [0.29, 0.717) is 5.41 Å². The number of rotatable bonds is 3. The number of alkyl halides is 1. The Morgan fingerprint density at radius 3 is 2.87 bits per heavy atom. The lowest BCUT2D eigenvalue weighted by Gasteiger charge is -2.10. The third-order valence-electron chi connectivity index (χ3n) is 2.96. The van der Waals surface area contributed by atoms with E-state index in [1.54, 1.807) is 0 Å². The van der Waals surface area contributed by atoms with Gasteiger partial charge in [-0.15, -0.1) is 11.6 Å². The first-order valence-corrected chi connectivity index (χ1v) is 5.64. The van der Waals surface area contributed by atoms with Gasteiger partial charge in [0.05, 0.1) is 0 Å². The number of hydrogen-bond donors (Lipinski definition) is 1. The number of nitrogens with one attached hydrogen (secondary N) is 1. The quantitative estimate of drug-likeness (QED) is 0.785. The standard InChI is InChI=1S/C12H14ClNO/c1-12(5-6-12)9-3-2-4-10(7-9)14-11(15)8-13/h2-4,7H,5-6,8H2,1H3,(H,14,15). The number of amides is 1. The minimum atomic E-state index is -0.158. The molecule has 1 amide bonds. The Hall–Kier alpha value is -1.02. The number of hydrogen-bond acceptors (Lipinski definition) is 1. The van der Waals surface area contributed by atoms with Crippen molar-refractivity contribution >= 4 is 23.2 Å². The van der Waals surface area contributed by atoms with Crippen molar-refractivity contribution in [3.8, 4) is 0 Å². The second-order valence-electron chi connectivity index (χ2n) is 4.32. The van der Waals surface area contributed by atoms with E-state index in [1.165, 1.54) is 18.4 Å². The predicted molar refractivity (Wildman–Crippen MR) is 62.4 cm³/mol. The third kappa shape index (κ3) is 2.32. The number of carbonyl (C=O) groups excluding carboxylic acids is 1. The van der Waals surface area contributed by atoms with Crippen molar-refractivity contribution in [1.29, 1.82) is 0 Å². The van der Waals surface area contributed by atoms with Crippen LogP contribution in [0.5, 0.6) is 0 Å². The average Bonchev–Trinajstić information content (AvgIpc) is 2.98. The van der Waals surface area contributed by atoms with Crippen molar-refractivity contribution in [2.45, 2.75) is 25.2 Å². The lowest BCUT2D eigenvalue weighted by molar-refractivity contribution is -0.113. The van der Waals surface area contributed by atoms with Crippen molar-refractivity contribution in [2.24, 2.45) is 0 Å². The van der Waals surface area contributed by atoms with Crippen LogP contribution in [0.4, 0.5) is 5.69 Å². The first kappa shape index (κ1) is 10.5. The molecule has 0 saturated heterocycles. The molecular weight excluding hydrogens is 210 g/mol. The smallest absolute Gasteiger partial charge is 0.239 e. The predicted octanol–water partition coefficient (Wildman–Crippen LogP) is 2.92. The molecule has 0 radical (unpaired) electrons. The number of anilines is 1. The highest BCUT2D eigenvalue weighted by Crippen LogP contribution is 2.47. The normalized spacial score (nSPS) is 17.2. The molecule has 0 aliphatic heterocycles. The largest absolute Gasteiger partial charge is 0.325 e. The monoisotopic (exact) mass is 223 g/mol. The van der Waals surface area contributed by atoms with Gasteiger partial charge in [-0.25, -0.2) is 0 Å². The molecule has 1 aromatic carbocycles. The maximum absolute atomic E-state index is 11.1. The van der Waals surface area contributed by atoms with Gasteiger partial charge >= 0.3 is 0 Å². The van der Waals surface area contributed by atoms with E-state index < -0.39 is 0 Å². The highest BCUT2D eigenvalue weighted by molar-refractivity contribution is 6.29. The highest BCUT2D eigenvalue weighted by Gasteiger charge is 2.38. The Morgan fingerprint density at radius 1 is 1.53 bits per heavy atom. The first-order valence-electron chi connectivity index (χ1n) is 5.10. The minimum absolute atomic E-state index is 0.00148. The molecule has 1 aromatic rings. The summed E-state index contributed by atoms with van der Waals surface area (Å²) in [6.45, 7) is 2.25. The summed E-state index contributed by atoms with van der Waals surface area (Å²) in [5, 5.41) is 2.76. The van der Waals surface area contributed by atoms with Crippen LogP contribution in [0.15, 0.2) is 24.3 Å². The van der Waals surface area contributed by atoms with Gasteiger partial charge in [-0.05, 0) is 36.0 Å². The van der Waals surface area contributed by atoms with Gasteiger partial charge in [-0.1, -0.05) is 19.1 Å². The van der Waals surface area contributed by atoms with Crippen LogP contribution >= 0.6 is 11.6 Å². The topological polar surface area (TPSA) is 29.1 Å². The van der Waals surface area contributed by atoms with E-state index in [0.717, 1.165) is 5.69 Å². The molecule has 80 valence electrons. The molecule has 2 nitrogen and oxygen atoms in total. The van der Waals surface area contributed by atoms with Crippen molar-refractivity contribution < 1.29 is 4.79 Å². The Labute approximate surface area is 94.6 Å². The van der Waals surface area contributed by atoms with Gasteiger partial charge in [0.1, 0.15) is 5.88 Å². The zero-order chi connectivity index (χ0) is 10.9. The van der Waals surface area contributed by atoms with Gasteiger partial charge in [-0.2, -0.15) is 0 Å². The first-order chi connectivity index (χ1) is 7.14. The molecule has 0 spiro atoms. The Bertz CT molecular complexity index is 385. The van der Waals surface area contributed by atoms with Gasteiger partial charge in [0, 0.05) is 5.69 Å². The average molecular weight is 224 g/mol. The Balaban J connectivity index is 2.16. The molecular formula is C12H14ClNO. The molecule has 0 bridgehead atoms. The highest BCUT2D eigenvalue weighted by atomic mass is 35.5. The summed E-state index contributed by atoms with van der Waals surface area (Å²) in [4.78, 5) is 11.1. The molecule has 1 N–H and O–H groups in total. The van der Waals surface area contributed by atoms with Crippen LogP contribution in [0, 0.1) is 0 Å². The van der Waals surface area contributed by atoms with E-state index in [4.69, 9.17) is 11.6 Å². The molecule has 1 fully saturated rings.